The number of piperazine rings is 1. The van der Waals surface area contributed by atoms with Gasteiger partial charge in [0.1, 0.15) is 5.75 Å². The Morgan fingerprint density at radius 3 is 2.17 bits per heavy atom. The second-order valence-corrected chi connectivity index (χ2v) is 7.82. The number of benzene rings is 2. The molecule has 6 nitrogen and oxygen atoms in total. The zero-order chi connectivity index (χ0) is 21.3. The molecular weight excluding hydrogens is 378 g/mol. The van der Waals surface area contributed by atoms with Crippen molar-refractivity contribution in [3.63, 3.8) is 0 Å². The van der Waals surface area contributed by atoms with Gasteiger partial charge in [0.2, 0.25) is 5.91 Å². The number of rotatable bonds is 9. The van der Waals surface area contributed by atoms with Crippen LogP contribution in [0.4, 0.5) is 0 Å². The summed E-state index contributed by atoms with van der Waals surface area (Å²) in [7, 11) is 1.67. The molecule has 0 spiro atoms. The fourth-order valence-electron chi connectivity index (χ4n) is 3.68. The van der Waals surface area contributed by atoms with Crippen LogP contribution in [-0.4, -0.2) is 67.4 Å². The predicted molar refractivity (Wildman–Crippen MR) is 117 cm³/mol. The Bertz CT molecular complexity index is 815. The third-order valence-corrected chi connectivity index (χ3v) is 5.51. The minimum atomic E-state index is -0.476. The van der Waals surface area contributed by atoms with E-state index in [2.05, 4.69) is 27.2 Å². The molecule has 1 atom stereocenters. The molecule has 0 aliphatic carbocycles. The fraction of sp³-hybridized carbons (Fsp3) is 0.417. The van der Waals surface area contributed by atoms with Crippen LogP contribution in [0.5, 0.6) is 5.75 Å². The first-order chi connectivity index (χ1) is 14.5. The zero-order valence-electron chi connectivity index (χ0n) is 17.8. The number of carbonyl (C=O) groups excluding carboxylic acids is 2. The number of amides is 1. The van der Waals surface area contributed by atoms with Gasteiger partial charge in [-0.2, -0.15) is 0 Å². The van der Waals surface area contributed by atoms with E-state index in [4.69, 9.17) is 4.74 Å². The summed E-state index contributed by atoms with van der Waals surface area (Å²) < 4.78 is 5.21. The molecule has 2 aromatic rings. The van der Waals surface area contributed by atoms with Gasteiger partial charge < -0.3 is 10.1 Å². The van der Waals surface area contributed by atoms with Gasteiger partial charge in [0.25, 0.3) is 0 Å². The number of hydrogen-bond acceptors (Lipinski definition) is 5. The summed E-state index contributed by atoms with van der Waals surface area (Å²) in [5.41, 5.74) is 2.30. The summed E-state index contributed by atoms with van der Waals surface area (Å²) in [6.07, 6.45) is 0.525. The van der Waals surface area contributed by atoms with Crippen LogP contribution in [-0.2, 0) is 22.6 Å². The standard InChI is InChI=1S/C24H31N3O3/c1-19(28)23(16-20-6-4-3-5-7-20)25-24(29)18-27-14-12-26(13-15-27)17-21-8-10-22(30-2)11-9-21/h3-11,23H,12-18H2,1-2H3,(H,25,29)/t23-/m1/s1. The lowest BCUT2D eigenvalue weighted by Crippen LogP contribution is -2.51. The normalized spacial score (nSPS) is 16.1. The molecule has 1 saturated heterocycles. The highest BCUT2D eigenvalue weighted by Crippen LogP contribution is 2.14. The molecule has 0 bridgehead atoms. The van der Waals surface area contributed by atoms with Gasteiger partial charge in [0.15, 0.2) is 5.78 Å². The molecule has 6 heteroatoms. The van der Waals surface area contributed by atoms with Crippen molar-refractivity contribution in [1.82, 2.24) is 15.1 Å². The number of Topliss-reactive ketones (excluding diaryl/α,β-unsaturated/α-hetero) is 1. The zero-order valence-corrected chi connectivity index (χ0v) is 17.8. The van der Waals surface area contributed by atoms with Crippen molar-refractivity contribution < 1.29 is 14.3 Å². The van der Waals surface area contributed by atoms with E-state index in [1.165, 1.54) is 12.5 Å². The van der Waals surface area contributed by atoms with Crippen molar-refractivity contribution in [3.05, 3.63) is 65.7 Å². The van der Waals surface area contributed by atoms with Gasteiger partial charge >= 0.3 is 0 Å². The second-order valence-electron chi connectivity index (χ2n) is 7.82. The van der Waals surface area contributed by atoms with E-state index in [0.29, 0.717) is 13.0 Å². The summed E-state index contributed by atoms with van der Waals surface area (Å²) in [6, 6.07) is 17.5. The van der Waals surface area contributed by atoms with Crippen molar-refractivity contribution in [1.29, 1.82) is 0 Å². The van der Waals surface area contributed by atoms with Crippen LogP contribution in [0.2, 0.25) is 0 Å². The monoisotopic (exact) mass is 409 g/mol. The third-order valence-electron chi connectivity index (χ3n) is 5.51. The van der Waals surface area contributed by atoms with Gasteiger partial charge in [-0.15, -0.1) is 0 Å². The predicted octanol–water partition coefficient (Wildman–Crippen LogP) is 2.13. The first-order valence-electron chi connectivity index (χ1n) is 10.4. The van der Waals surface area contributed by atoms with Crippen molar-refractivity contribution in [2.75, 3.05) is 39.8 Å². The van der Waals surface area contributed by atoms with Crippen LogP contribution < -0.4 is 10.1 Å². The highest BCUT2D eigenvalue weighted by molar-refractivity contribution is 5.88. The summed E-state index contributed by atoms with van der Waals surface area (Å²) in [5.74, 6) is 0.761. The Kier molecular flexibility index (Phi) is 7.99. The topological polar surface area (TPSA) is 61.9 Å². The SMILES string of the molecule is COc1ccc(CN2CCN(CC(=O)N[C@H](Cc3ccccc3)C(C)=O)CC2)cc1. The summed E-state index contributed by atoms with van der Waals surface area (Å²) in [5, 5.41) is 2.92. The average molecular weight is 410 g/mol. The summed E-state index contributed by atoms with van der Waals surface area (Å²) in [4.78, 5) is 29.1. The van der Waals surface area contributed by atoms with Crippen LogP contribution in [0.25, 0.3) is 0 Å². The van der Waals surface area contributed by atoms with Gasteiger partial charge in [-0.05, 0) is 36.6 Å². The lowest BCUT2D eigenvalue weighted by molar-refractivity contribution is -0.127. The first kappa shape index (κ1) is 22.0. The molecule has 3 rings (SSSR count). The number of nitrogens with zero attached hydrogens (tertiary/aromatic N) is 2. The summed E-state index contributed by atoms with van der Waals surface area (Å²) >= 11 is 0. The third kappa shape index (κ3) is 6.68. The van der Waals surface area contributed by atoms with E-state index in [-0.39, 0.29) is 11.7 Å². The van der Waals surface area contributed by atoms with E-state index in [0.717, 1.165) is 44.0 Å². The minimum Gasteiger partial charge on any atom is -0.497 e. The number of hydrogen-bond donors (Lipinski definition) is 1. The minimum absolute atomic E-state index is 0.0171. The van der Waals surface area contributed by atoms with Crippen molar-refractivity contribution in [2.24, 2.45) is 0 Å². The maximum absolute atomic E-state index is 12.5. The van der Waals surface area contributed by atoms with Crippen molar-refractivity contribution in [3.8, 4) is 5.75 Å². The lowest BCUT2D eigenvalue weighted by Gasteiger charge is -2.34. The molecular formula is C24H31N3O3. The Morgan fingerprint density at radius 2 is 1.57 bits per heavy atom. The Morgan fingerprint density at radius 1 is 0.933 bits per heavy atom. The molecule has 1 fully saturated rings. The van der Waals surface area contributed by atoms with E-state index in [9.17, 15) is 9.59 Å². The molecule has 1 N–H and O–H groups in total. The highest BCUT2D eigenvalue weighted by atomic mass is 16.5. The summed E-state index contributed by atoms with van der Waals surface area (Å²) in [6.45, 7) is 6.27. The fourth-order valence-corrected chi connectivity index (χ4v) is 3.68. The number of carbonyl (C=O) groups is 2. The quantitative estimate of drug-likeness (QED) is 0.688. The average Bonchev–Trinajstić information content (AvgIpc) is 2.76. The Labute approximate surface area is 178 Å². The second kappa shape index (κ2) is 10.9. The number of nitrogens with one attached hydrogen (secondary N) is 1. The van der Waals surface area contributed by atoms with E-state index >= 15 is 0 Å². The van der Waals surface area contributed by atoms with Gasteiger partial charge in [-0.1, -0.05) is 42.5 Å². The smallest absolute Gasteiger partial charge is 0.234 e. The molecule has 160 valence electrons. The van der Waals surface area contributed by atoms with Crippen LogP contribution in [0, 0.1) is 0 Å². The molecule has 0 saturated carbocycles. The number of ketones is 1. The molecule has 1 amide bonds. The van der Waals surface area contributed by atoms with Gasteiger partial charge in [-0.3, -0.25) is 19.4 Å². The molecule has 0 unspecified atom stereocenters. The Hall–Kier alpha value is -2.70. The maximum atomic E-state index is 12.5. The molecule has 0 radical (unpaired) electrons. The van der Waals surface area contributed by atoms with Crippen LogP contribution in [0.1, 0.15) is 18.1 Å². The van der Waals surface area contributed by atoms with Gasteiger partial charge in [0, 0.05) is 32.7 Å². The Balaban J connectivity index is 1.43. The van der Waals surface area contributed by atoms with Crippen LogP contribution >= 0.6 is 0 Å². The molecule has 30 heavy (non-hydrogen) atoms. The van der Waals surface area contributed by atoms with E-state index in [1.807, 2.05) is 42.5 Å². The van der Waals surface area contributed by atoms with Crippen LogP contribution in [0.15, 0.2) is 54.6 Å². The van der Waals surface area contributed by atoms with Gasteiger partial charge in [-0.25, -0.2) is 0 Å². The van der Waals surface area contributed by atoms with E-state index < -0.39 is 6.04 Å². The van der Waals surface area contributed by atoms with Gasteiger partial charge in [0.05, 0.1) is 19.7 Å². The maximum Gasteiger partial charge on any atom is 0.234 e. The highest BCUT2D eigenvalue weighted by Gasteiger charge is 2.22. The molecule has 2 aromatic carbocycles. The van der Waals surface area contributed by atoms with Crippen molar-refractivity contribution >= 4 is 11.7 Å². The molecule has 1 aliphatic heterocycles. The van der Waals surface area contributed by atoms with Crippen molar-refractivity contribution in [2.45, 2.75) is 25.9 Å². The van der Waals surface area contributed by atoms with Crippen LogP contribution in [0.3, 0.4) is 0 Å². The first-order valence-corrected chi connectivity index (χ1v) is 10.4. The largest absolute Gasteiger partial charge is 0.497 e. The number of methoxy groups -OCH3 is 1. The molecule has 1 aliphatic rings. The molecule has 1 heterocycles. The molecule has 0 aromatic heterocycles. The number of ether oxygens (including phenoxy) is 1. The lowest BCUT2D eigenvalue weighted by atomic mass is 10.0. The van der Waals surface area contributed by atoms with E-state index in [1.54, 1.807) is 7.11 Å².